The van der Waals surface area contributed by atoms with Gasteiger partial charge in [-0.05, 0) is 32.9 Å². The fourth-order valence-electron chi connectivity index (χ4n) is 2.46. The third-order valence-electron chi connectivity index (χ3n) is 3.71. The SMILES string of the molecule is CCOc1ccccc1-c1cc(C(=O)N(C/C=C/S(C)(=O)=O)C(C)C)on1. The number of sulfone groups is 1. The summed E-state index contributed by atoms with van der Waals surface area (Å²) in [7, 11) is -3.25. The van der Waals surface area contributed by atoms with E-state index in [2.05, 4.69) is 5.16 Å². The number of hydrogen-bond donors (Lipinski definition) is 0. The van der Waals surface area contributed by atoms with Crippen LogP contribution in [0.4, 0.5) is 0 Å². The molecule has 0 aliphatic heterocycles. The first kappa shape index (κ1) is 20.7. The minimum atomic E-state index is -3.25. The van der Waals surface area contributed by atoms with Crippen molar-refractivity contribution in [2.75, 3.05) is 19.4 Å². The average Bonchev–Trinajstić information content (AvgIpc) is 3.07. The first-order valence-corrected chi connectivity index (χ1v) is 10.5. The number of carbonyl (C=O) groups is 1. The number of para-hydroxylation sites is 1. The van der Waals surface area contributed by atoms with E-state index in [1.165, 1.54) is 11.0 Å². The molecular formula is C19H24N2O5S. The van der Waals surface area contributed by atoms with Gasteiger partial charge in [-0.1, -0.05) is 23.4 Å². The van der Waals surface area contributed by atoms with E-state index in [9.17, 15) is 13.2 Å². The summed E-state index contributed by atoms with van der Waals surface area (Å²) in [5.41, 5.74) is 1.23. The Balaban J connectivity index is 2.25. The fourth-order valence-corrected chi connectivity index (χ4v) is 2.90. The molecule has 1 amide bonds. The Labute approximate surface area is 159 Å². The third-order valence-corrected chi connectivity index (χ3v) is 4.40. The first-order valence-electron chi connectivity index (χ1n) is 8.59. The molecule has 2 rings (SSSR count). The zero-order chi connectivity index (χ0) is 20.0. The van der Waals surface area contributed by atoms with Gasteiger partial charge in [0.15, 0.2) is 9.84 Å². The van der Waals surface area contributed by atoms with E-state index < -0.39 is 9.84 Å². The zero-order valence-electron chi connectivity index (χ0n) is 15.9. The van der Waals surface area contributed by atoms with Crippen LogP contribution >= 0.6 is 0 Å². The van der Waals surface area contributed by atoms with Gasteiger partial charge in [0.2, 0.25) is 5.76 Å². The van der Waals surface area contributed by atoms with Crippen LogP contribution in [0.25, 0.3) is 11.3 Å². The lowest BCUT2D eigenvalue weighted by Gasteiger charge is -2.23. The standard InChI is InChI=1S/C19H24N2O5S/c1-5-25-17-10-7-6-9-15(17)16-13-18(26-20-16)19(22)21(14(2)3)11-8-12-27(4,23)24/h6-10,12-14H,5,11H2,1-4H3/b12-8+. The summed E-state index contributed by atoms with van der Waals surface area (Å²) < 4.78 is 33.3. The molecule has 0 saturated heterocycles. The van der Waals surface area contributed by atoms with Crippen LogP contribution in [0.2, 0.25) is 0 Å². The van der Waals surface area contributed by atoms with Crippen LogP contribution in [0.15, 0.2) is 46.3 Å². The molecule has 0 fully saturated rings. The lowest BCUT2D eigenvalue weighted by atomic mass is 10.1. The maximum Gasteiger partial charge on any atom is 0.292 e. The summed E-state index contributed by atoms with van der Waals surface area (Å²) in [5.74, 6) is 0.373. The van der Waals surface area contributed by atoms with Gasteiger partial charge >= 0.3 is 0 Å². The molecule has 1 aromatic heterocycles. The van der Waals surface area contributed by atoms with Gasteiger partial charge in [-0.15, -0.1) is 0 Å². The molecule has 1 aromatic carbocycles. The number of nitrogens with zero attached hydrogens (tertiary/aromatic N) is 2. The lowest BCUT2D eigenvalue weighted by molar-refractivity contribution is 0.0686. The molecule has 0 radical (unpaired) electrons. The number of benzene rings is 1. The van der Waals surface area contributed by atoms with Crippen LogP contribution in [-0.2, 0) is 9.84 Å². The lowest BCUT2D eigenvalue weighted by Crippen LogP contribution is -2.36. The number of rotatable bonds is 8. The minimum Gasteiger partial charge on any atom is -0.493 e. The van der Waals surface area contributed by atoms with Crippen molar-refractivity contribution in [2.45, 2.75) is 26.8 Å². The molecule has 1 heterocycles. The van der Waals surface area contributed by atoms with Crippen molar-refractivity contribution < 1.29 is 22.5 Å². The van der Waals surface area contributed by atoms with E-state index in [-0.39, 0.29) is 24.3 Å². The number of hydrogen-bond acceptors (Lipinski definition) is 6. The monoisotopic (exact) mass is 392 g/mol. The minimum absolute atomic E-state index is 0.0813. The Kier molecular flexibility index (Phi) is 6.79. The first-order chi connectivity index (χ1) is 12.7. The highest BCUT2D eigenvalue weighted by molar-refractivity contribution is 7.93. The largest absolute Gasteiger partial charge is 0.493 e. The second-order valence-electron chi connectivity index (χ2n) is 6.26. The molecule has 0 bridgehead atoms. The van der Waals surface area contributed by atoms with Gasteiger partial charge in [0.05, 0.1) is 6.61 Å². The Bertz CT molecular complexity index is 916. The molecule has 27 heavy (non-hydrogen) atoms. The van der Waals surface area contributed by atoms with Crippen LogP contribution in [0.3, 0.4) is 0 Å². The second kappa shape index (κ2) is 8.85. The predicted molar refractivity (Wildman–Crippen MR) is 103 cm³/mol. The molecule has 8 heteroatoms. The van der Waals surface area contributed by atoms with Crippen LogP contribution < -0.4 is 4.74 Å². The molecule has 0 atom stereocenters. The number of amides is 1. The van der Waals surface area contributed by atoms with Crippen molar-refractivity contribution in [3.05, 3.63) is 47.6 Å². The van der Waals surface area contributed by atoms with E-state index in [0.29, 0.717) is 18.1 Å². The number of ether oxygens (including phenoxy) is 1. The van der Waals surface area contributed by atoms with Crippen LogP contribution in [0.1, 0.15) is 31.3 Å². The van der Waals surface area contributed by atoms with Crippen molar-refractivity contribution in [1.29, 1.82) is 0 Å². The van der Waals surface area contributed by atoms with Gasteiger partial charge in [-0.2, -0.15) is 0 Å². The molecular weight excluding hydrogens is 368 g/mol. The maximum absolute atomic E-state index is 12.8. The summed E-state index contributed by atoms with van der Waals surface area (Å²) in [5, 5.41) is 5.08. The van der Waals surface area contributed by atoms with Gasteiger partial charge in [-0.25, -0.2) is 8.42 Å². The molecule has 2 aromatic rings. The Morgan fingerprint density at radius 2 is 2.04 bits per heavy atom. The normalized spacial score (nSPS) is 11.9. The summed E-state index contributed by atoms with van der Waals surface area (Å²) in [6.07, 6.45) is 2.54. The van der Waals surface area contributed by atoms with Crippen LogP contribution in [0.5, 0.6) is 5.75 Å². The van der Waals surface area contributed by atoms with Crippen molar-refractivity contribution in [3.63, 3.8) is 0 Å². The van der Waals surface area contributed by atoms with E-state index in [1.807, 2.05) is 45.0 Å². The highest BCUT2D eigenvalue weighted by atomic mass is 32.2. The third kappa shape index (κ3) is 5.68. The van der Waals surface area contributed by atoms with Gasteiger partial charge in [0.1, 0.15) is 11.4 Å². The molecule has 0 unspecified atom stereocenters. The smallest absolute Gasteiger partial charge is 0.292 e. The van der Waals surface area contributed by atoms with Crippen LogP contribution in [-0.4, -0.2) is 49.8 Å². The van der Waals surface area contributed by atoms with E-state index >= 15 is 0 Å². The molecule has 0 spiro atoms. The highest BCUT2D eigenvalue weighted by Crippen LogP contribution is 2.29. The summed E-state index contributed by atoms with van der Waals surface area (Å²) in [6.45, 7) is 6.23. The predicted octanol–water partition coefficient (Wildman–Crippen LogP) is 3.15. The summed E-state index contributed by atoms with van der Waals surface area (Å²) in [4.78, 5) is 14.3. The molecule has 0 aliphatic carbocycles. The quantitative estimate of drug-likeness (QED) is 0.685. The number of carbonyl (C=O) groups excluding carboxylic acids is 1. The Morgan fingerprint density at radius 1 is 1.33 bits per heavy atom. The van der Waals surface area contributed by atoms with Crippen molar-refractivity contribution in [1.82, 2.24) is 10.1 Å². The van der Waals surface area contributed by atoms with Gasteiger partial charge in [0.25, 0.3) is 5.91 Å². The molecule has 0 saturated carbocycles. The fraction of sp³-hybridized carbons (Fsp3) is 0.368. The highest BCUT2D eigenvalue weighted by Gasteiger charge is 2.23. The molecule has 146 valence electrons. The van der Waals surface area contributed by atoms with E-state index in [0.717, 1.165) is 17.2 Å². The summed E-state index contributed by atoms with van der Waals surface area (Å²) >= 11 is 0. The molecule has 0 aliphatic rings. The molecule has 0 N–H and O–H groups in total. The van der Waals surface area contributed by atoms with E-state index in [1.54, 1.807) is 6.07 Å². The maximum atomic E-state index is 12.8. The van der Waals surface area contributed by atoms with Gasteiger partial charge in [-0.3, -0.25) is 4.79 Å². The Morgan fingerprint density at radius 3 is 2.67 bits per heavy atom. The molecule has 7 nitrogen and oxygen atoms in total. The number of aromatic nitrogens is 1. The van der Waals surface area contributed by atoms with Gasteiger partial charge < -0.3 is 14.2 Å². The Hall–Kier alpha value is -2.61. The topological polar surface area (TPSA) is 89.7 Å². The average molecular weight is 392 g/mol. The van der Waals surface area contributed by atoms with E-state index in [4.69, 9.17) is 9.26 Å². The van der Waals surface area contributed by atoms with Crippen molar-refractivity contribution in [3.8, 4) is 17.0 Å². The second-order valence-corrected chi connectivity index (χ2v) is 8.19. The van der Waals surface area contributed by atoms with Crippen molar-refractivity contribution >= 4 is 15.7 Å². The van der Waals surface area contributed by atoms with Crippen LogP contribution in [0, 0.1) is 0 Å². The van der Waals surface area contributed by atoms with Crippen molar-refractivity contribution in [2.24, 2.45) is 0 Å². The summed E-state index contributed by atoms with van der Waals surface area (Å²) in [6, 6.07) is 8.79. The van der Waals surface area contributed by atoms with Gasteiger partial charge in [0, 0.05) is 35.9 Å². The zero-order valence-corrected chi connectivity index (χ0v) is 16.7.